The average molecular weight is 450 g/mol. The molecule has 3 atom stereocenters. The van der Waals surface area contributed by atoms with Crippen LogP contribution in [0.5, 0.6) is 5.88 Å². The summed E-state index contributed by atoms with van der Waals surface area (Å²) < 4.78 is 53.1. The van der Waals surface area contributed by atoms with E-state index in [2.05, 4.69) is 9.97 Å². The molecule has 1 aliphatic heterocycles. The summed E-state index contributed by atoms with van der Waals surface area (Å²) in [4.78, 5) is 8.70. The van der Waals surface area contributed by atoms with Gasteiger partial charge in [-0.2, -0.15) is 0 Å². The first kappa shape index (κ1) is 19.2. The summed E-state index contributed by atoms with van der Waals surface area (Å²) in [5.41, 5.74) is -0.0339. The Kier molecular flexibility index (Phi) is 4.63. The minimum absolute atomic E-state index is 0.340. The van der Waals surface area contributed by atoms with Crippen molar-refractivity contribution in [2.75, 3.05) is 13.7 Å². The number of aromatic nitrogens is 2. The number of pyridine rings is 2. The normalized spacial score (nSPS) is 20.2. The molecule has 1 saturated heterocycles. The molecule has 3 unspecified atom stereocenters. The summed E-state index contributed by atoms with van der Waals surface area (Å²) >= 11 is 1.40. The van der Waals surface area contributed by atoms with Crippen LogP contribution in [0.4, 0.5) is 13.2 Å². The first-order valence-corrected chi connectivity index (χ1v) is 9.84. The molecule has 0 aliphatic carbocycles. The zero-order valence-electron chi connectivity index (χ0n) is 15.2. The molecule has 4 rings (SSSR count). The Morgan fingerprint density at radius 3 is 2.57 bits per heavy atom. The van der Waals surface area contributed by atoms with Crippen LogP contribution in [-0.2, 0) is 4.74 Å². The summed E-state index contributed by atoms with van der Waals surface area (Å²) in [5.74, 6) is -0.720. The molecule has 0 radical (unpaired) electrons. The molecule has 0 bridgehead atoms. The van der Waals surface area contributed by atoms with E-state index in [4.69, 9.17) is 9.47 Å². The van der Waals surface area contributed by atoms with Crippen molar-refractivity contribution in [1.82, 2.24) is 9.97 Å². The van der Waals surface area contributed by atoms with Crippen LogP contribution in [-0.4, -0.2) is 52.3 Å². The van der Waals surface area contributed by atoms with E-state index in [-0.39, 0.29) is 6.61 Å². The number of rotatable bonds is 4. The zero-order chi connectivity index (χ0) is 20.1. The van der Waals surface area contributed by atoms with Crippen molar-refractivity contribution in [2.24, 2.45) is 0 Å². The Morgan fingerprint density at radius 2 is 2.00 bits per heavy atom. The molecule has 1 aromatic carbocycles. The van der Waals surface area contributed by atoms with Crippen LogP contribution in [0.15, 0.2) is 42.6 Å². The van der Waals surface area contributed by atoms with Gasteiger partial charge in [0.05, 0.1) is 0 Å². The van der Waals surface area contributed by atoms with Crippen molar-refractivity contribution < 1.29 is 22.6 Å². The number of fused-ring (bicyclic) bond motifs is 1. The number of epoxide rings is 1. The Labute approximate surface area is 168 Å². The van der Waals surface area contributed by atoms with Gasteiger partial charge in [0.15, 0.2) is 0 Å². The van der Waals surface area contributed by atoms with Gasteiger partial charge in [0.1, 0.15) is 0 Å². The first-order valence-electron chi connectivity index (χ1n) is 8.63. The van der Waals surface area contributed by atoms with Gasteiger partial charge in [-0.25, -0.2) is 0 Å². The first-order chi connectivity index (χ1) is 13.3. The number of aryl methyl sites for hydroxylation is 1. The van der Waals surface area contributed by atoms with Crippen molar-refractivity contribution in [1.29, 1.82) is 0 Å². The predicted octanol–water partition coefficient (Wildman–Crippen LogP) is 2.67. The molecule has 3 heterocycles. The van der Waals surface area contributed by atoms with Gasteiger partial charge < -0.3 is 0 Å². The number of benzene rings is 1. The SMILES string of the molecule is COc1ccc(C(c2cc3c([AsH2])cccc3nc2C)C2(C(F)(F)F)CO2)cn1. The molecule has 1 fully saturated rings. The van der Waals surface area contributed by atoms with E-state index in [1.165, 1.54) is 30.2 Å². The van der Waals surface area contributed by atoms with Crippen LogP contribution >= 0.6 is 0 Å². The Hall–Kier alpha value is -2.11. The monoisotopic (exact) mass is 450 g/mol. The Bertz CT molecular complexity index is 1030. The second-order valence-corrected chi connectivity index (χ2v) is 8.12. The molecule has 0 N–H and O–H groups in total. The van der Waals surface area contributed by atoms with Crippen LogP contribution in [0.25, 0.3) is 10.9 Å². The number of halogens is 3. The Balaban J connectivity index is 1.95. The second kappa shape index (κ2) is 6.74. The number of hydrogen-bond donors (Lipinski definition) is 0. The van der Waals surface area contributed by atoms with Gasteiger partial charge in [0.2, 0.25) is 0 Å². The molecule has 0 saturated carbocycles. The molecular formula is C20H18AsF3N2O2. The molecule has 1 aliphatic rings. The van der Waals surface area contributed by atoms with Gasteiger partial charge in [0, 0.05) is 0 Å². The summed E-state index contributed by atoms with van der Waals surface area (Å²) in [6.45, 7) is 1.35. The van der Waals surface area contributed by atoms with Crippen LogP contribution in [0, 0.1) is 6.92 Å². The molecule has 8 heteroatoms. The maximum absolute atomic E-state index is 14.0. The number of hydrogen-bond acceptors (Lipinski definition) is 4. The van der Waals surface area contributed by atoms with E-state index in [0.717, 1.165) is 15.3 Å². The summed E-state index contributed by atoms with van der Waals surface area (Å²) in [7, 11) is 1.46. The van der Waals surface area contributed by atoms with E-state index >= 15 is 0 Å². The number of alkyl halides is 3. The minimum atomic E-state index is -4.52. The summed E-state index contributed by atoms with van der Waals surface area (Å²) in [5, 5.41) is 0.854. The standard InChI is InChI=1S/C20H18AsF3N2O2/c1-11-13(8-14-15(21)4-3-5-16(14)26-11)18(19(10-28-19)20(22,23)24)12-6-7-17(27-2)25-9-12/h3-9,18H,10,21H2,1-2H3. The molecule has 4 nitrogen and oxygen atoms in total. The topological polar surface area (TPSA) is 47.5 Å². The van der Waals surface area contributed by atoms with E-state index < -0.39 is 17.7 Å². The van der Waals surface area contributed by atoms with Crippen molar-refractivity contribution in [2.45, 2.75) is 24.6 Å². The quantitative estimate of drug-likeness (QED) is 0.453. The van der Waals surface area contributed by atoms with Crippen molar-refractivity contribution in [3.05, 3.63) is 59.4 Å². The molecule has 2 aromatic heterocycles. The maximum atomic E-state index is 14.0. The number of methoxy groups -OCH3 is 1. The molecule has 0 spiro atoms. The number of ether oxygens (including phenoxy) is 2. The van der Waals surface area contributed by atoms with Gasteiger partial charge in [-0.1, -0.05) is 0 Å². The average Bonchev–Trinajstić information content (AvgIpc) is 3.45. The van der Waals surface area contributed by atoms with Gasteiger partial charge in [0.25, 0.3) is 0 Å². The van der Waals surface area contributed by atoms with Gasteiger partial charge in [-0.3, -0.25) is 0 Å². The molecular weight excluding hydrogens is 432 g/mol. The second-order valence-electron chi connectivity index (χ2n) is 6.82. The Morgan fingerprint density at radius 1 is 1.25 bits per heavy atom. The van der Waals surface area contributed by atoms with E-state index in [1.54, 1.807) is 19.1 Å². The van der Waals surface area contributed by atoms with Crippen LogP contribution in [0.1, 0.15) is 22.7 Å². The van der Waals surface area contributed by atoms with E-state index in [1.807, 2.05) is 24.3 Å². The van der Waals surface area contributed by atoms with Crippen LogP contribution in [0.2, 0.25) is 0 Å². The van der Waals surface area contributed by atoms with Crippen LogP contribution < -0.4 is 9.09 Å². The van der Waals surface area contributed by atoms with Crippen molar-refractivity contribution >= 4 is 32.1 Å². The van der Waals surface area contributed by atoms with E-state index in [0.29, 0.717) is 22.7 Å². The predicted molar refractivity (Wildman–Crippen MR) is 102 cm³/mol. The zero-order valence-corrected chi connectivity index (χ0v) is 17.7. The fourth-order valence-corrected chi connectivity index (χ4v) is 4.30. The molecule has 3 aromatic rings. The fourth-order valence-electron chi connectivity index (χ4n) is 3.58. The third-order valence-corrected chi connectivity index (χ3v) is 6.19. The molecule has 0 amide bonds. The van der Waals surface area contributed by atoms with Gasteiger partial charge in [-0.05, 0) is 0 Å². The molecule has 146 valence electrons. The third-order valence-electron chi connectivity index (χ3n) is 5.14. The van der Waals surface area contributed by atoms with Gasteiger partial charge in [-0.15, -0.1) is 0 Å². The van der Waals surface area contributed by atoms with Gasteiger partial charge >= 0.3 is 168 Å². The van der Waals surface area contributed by atoms with Crippen LogP contribution in [0.3, 0.4) is 0 Å². The summed E-state index contributed by atoms with van der Waals surface area (Å²) in [6, 6.07) is 10.7. The molecule has 28 heavy (non-hydrogen) atoms. The van der Waals surface area contributed by atoms with Crippen molar-refractivity contribution in [3.8, 4) is 5.88 Å². The van der Waals surface area contributed by atoms with Crippen molar-refractivity contribution in [3.63, 3.8) is 0 Å². The fraction of sp³-hybridized carbons (Fsp3) is 0.300. The third kappa shape index (κ3) is 3.07. The summed E-state index contributed by atoms with van der Waals surface area (Å²) in [6.07, 6.45) is -3.10. The number of nitrogens with zero attached hydrogens (tertiary/aromatic N) is 2. The van der Waals surface area contributed by atoms with E-state index in [9.17, 15) is 13.2 Å².